The average Bonchev–Trinajstić information content (AvgIpc) is 3.65. The molecule has 0 aliphatic heterocycles. The first-order valence-corrected chi connectivity index (χ1v) is 22.4. The van der Waals surface area contributed by atoms with E-state index in [-0.39, 0.29) is 5.78 Å². The molecule has 0 amide bonds. The van der Waals surface area contributed by atoms with Gasteiger partial charge >= 0.3 is 0 Å². The summed E-state index contributed by atoms with van der Waals surface area (Å²) >= 11 is 0. The first kappa shape index (κ1) is 41.0. The minimum absolute atomic E-state index is 0.0617. The van der Waals surface area contributed by atoms with E-state index in [1.54, 1.807) is 0 Å². The second-order valence-electron chi connectivity index (χ2n) is 16.6. The van der Waals surface area contributed by atoms with Crippen molar-refractivity contribution in [1.82, 2.24) is 0 Å². The van der Waals surface area contributed by atoms with Gasteiger partial charge in [0, 0.05) is 11.1 Å². The summed E-state index contributed by atoms with van der Waals surface area (Å²) in [6, 6.07) is 77.9. The molecule has 0 bridgehead atoms. The van der Waals surface area contributed by atoms with Crippen molar-refractivity contribution >= 4 is 5.78 Å². The zero-order chi connectivity index (χ0) is 43.3. The zero-order valence-corrected chi connectivity index (χ0v) is 36.6. The number of fused-ring (bicyclic) bond motifs is 9. The summed E-state index contributed by atoms with van der Waals surface area (Å²) in [6.45, 7) is 8.50. The highest BCUT2D eigenvalue weighted by Crippen LogP contribution is 2.60. The van der Waals surface area contributed by atoms with Crippen molar-refractivity contribution < 1.29 is 4.79 Å². The van der Waals surface area contributed by atoms with Crippen molar-refractivity contribution in [2.24, 2.45) is 0 Å². The Hall–Kier alpha value is -7.35. The van der Waals surface area contributed by atoms with Crippen LogP contribution in [0.1, 0.15) is 78.7 Å². The van der Waals surface area contributed by atoms with Gasteiger partial charge in [0.15, 0.2) is 5.78 Å². The fourth-order valence-electron chi connectivity index (χ4n) is 9.47. The largest absolute Gasteiger partial charge is 0.289 e. The monoisotopic (exact) mass is 812 g/mol. The molecular formula is C62H52O. The third-order valence-electron chi connectivity index (χ3n) is 12.1. The molecule has 0 radical (unpaired) electrons. The van der Waals surface area contributed by atoms with Gasteiger partial charge in [0.1, 0.15) is 0 Å². The van der Waals surface area contributed by atoms with Gasteiger partial charge in [-0.15, -0.1) is 0 Å². The van der Waals surface area contributed by atoms with Gasteiger partial charge in [-0.2, -0.15) is 0 Å². The molecule has 11 rings (SSSR count). The topological polar surface area (TPSA) is 17.1 Å². The van der Waals surface area contributed by atoms with Crippen molar-refractivity contribution in [2.45, 2.75) is 46.0 Å². The Bertz CT molecular complexity index is 2940. The number of hydrogen-bond acceptors (Lipinski definition) is 1. The van der Waals surface area contributed by atoms with Gasteiger partial charge < -0.3 is 0 Å². The first-order chi connectivity index (χ1) is 31.0. The third kappa shape index (κ3) is 7.44. The van der Waals surface area contributed by atoms with Gasteiger partial charge in [-0.05, 0) is 125 Å². The van der Waals surface area contributed by atoms with E-state index in [1.165, 1.54) is 40.7 Å². The summed E-state index contributed by atoms with van der Waals surface area (Å²) in [5.41, 5.74) is 19.0. The van der Waals surface area contributed by atoms with E-state index in [0.29, 0.717) is 0 Å². The van der Waals surface area contributed by atoms with Crippen LogP contribution in [0.3, 0.4) is 0 Å². The molecule has 306 valence electrons. The lowest BCUT2D eigenvalue weighted by Crippen LogP contribution is -2.36. The molecule has 0 saturated heterocycles. The van der Waals surface area contributed by atoms with Gasteiger partial charge in [0.05, 0.1) is 5.41 Å². The van der Waals surface area contributed by atoms with Gasteiger partial charge in [0.25, 0.3) is 0 Å². The van der Waals surface area contributed by atoms with Gasteiger partial charge in [-0.25, -0.2) is 0 Å². The molecule has 0 aromatic heterocycles. The molecule has 1 heteroatoms. The van der Waals surface area contributed by atoms with Crippen LogP contribution in [-0.4, -0.2) is 5.78 Å². The lowest BCUT2D eigenvalue weighted by Gasteiger charge is -2.40. The maximum Gasteiger partial charge on any atom is 0.193 e. The summed E-state index contributed by atoms with van der Waals surface area (Å²) in [7, 11) is 0. The SMILES string of the molecule is CCC.CCC.O=C1c2ccc(-c3cccc(-c4ccccc4)c3)cc2C2(c3cc(-c4cc(-c5ccccc5)cc(-c5ccccc5)c4)ccc31)c1ccccc1-c1ccccc12. The van der Waals surface area contributed by atoms with Gasteiger partial charge in [-0.1, -0.05) is 223 Å². The molecule has 9 aromatic rings. The number of benzene rings is 9. The molecule has 63 heavy (non-hydrogen) atoms. The molecular weight excluding hydrogens is 761 g/mol. The molecule has 0 heterocycles. The maximum absolute atomic E-state index is 14.9. The molecule has 2 aliphatic carbocycles. The van der Waals surface area contributed by atoms with E-state index in [0.717, 1.165) is 72.3 Å². The lowest BCUT2D eigenvalue weighted by molar-refractivity contribution is 0.103. The Labute approximate surface area is 373 Å². The van der Waals surface area contributed by atoms with E-state index in [4.69, 9.17) is 0 Å². The van der Waals surface area contributed by atoms with Crippen molar-refractivity contribution in [3.05, 3.63) is 252 Å². The number of carbonyl (C=O) groups is 1. The molecule has 0 atom stereocenters. The van der Waals surface area contributed by atoms with Crippen LogP contribution >= 0.6 is 0 Å². The molecule has 0 fully saturated rings. The average molecular weight is 813 g/mol. The van der Waals surface area contributed by atoms with Crippen LogP contribution in [0, 0.1) is 0 Å². The molecule has 0 saturated carbocycles. The van der Waals surface area contributed by atoms with Crippen LogP contribution in [0.5, 0.6) is 0 Å². The second kappa shape index (κ2) is 17.9. The molecule has 0 unspecified atom stereocenters. The van der Waals surface area contributed by atoms with Crippen LogP contribution in [0.4, 0.5) is 0 Å². The molecule has 1 nitrogen and oxygen atoms in total. The first-order valence-electron chi connectivity index (χ1n) is 22.4. The number of ketones is 1. The number of hydrogen-bond donors (Lipinski definition) is 0. The van der Waals surface area contributed by atoms with Crippen LogP contribution in [-0.2, 0) is 5.41 Å². The van der Waals surface area contributed by atoms with Crippen molar-refractivity contribution in [3.63, 3.8) is 0 Å². The zero-order valence-electron chi connectivity index (χ0n) is 36.6. The van der Waals surface area contributed by atoms with Crippen molar-refractivity contribution in [1.29, 1.82) is 0 Å². The summed E-state index contributed by atoms with van der Waals surface area (Å²) in [5.74, 6) is 0.0617. The Morgan fingerprint density at radius 1 is 0.270 bits per heavy atom. The van der Waals surface area contributed by atoms with E-state index >= 15 is 0 Å². The molecule has 2 aliphatic rings. The smallest absolute Gasteiger partial charge is 0.193 e. The Morgan fingerprint density at radius 2 is 0.571 bits per heavy atom. The van der Waals surface area contributed by atoms with Gasteiger partial charge in [-0.3, -0.25) is 4.79 Å². The minimum Gasteiger partial charge on any atom is -0.289 e. The van der Waals surface area contributed by atoms with E-state index in [1.807, 2.05) is 0 Å². The maximum atomic E-state index is 14.9. The van der Waals surface area contributed by atoms with Gasteiger partial charge in [0.2, 0.25) is 0 Å². The standard InChI is InChI=1S/C56H36O.2C3H8/c57-55-49-29-27-42(41-22-14-21-40(31-41)37-15-4-1-5-16-37)35-53(49)56(51-25-12-10-23-47(51)48-24-11-13-26-52(48)56)54-36-43(28-30-50(54)55)46-33-44(38-17-6-2-7-18-38)32-45(34-46)39-19-8-3-9-20-39;2*1-3-2/h1-36H;2*3H2,1-2H3. The third-order valence-corrected chi connectivity index (χ3v) is 12.1. The van der Waals surface area contributed by atoms with Crippen LogP contribution in [0.2, 0.25) is 0 Å². The lowest BCUT2D eigenvalue weighted by atomic mass is 9.60. The van der Waals surface area contributed by atoms with E-state index in [2.05, 4.69) is 246 Å². The van der Waals surface area contributed by atoms with E-state index < -0.39 is 5.41 Å². The minimum atomic E-state index is -0.714. The number of rotatable bonds is 5. The van der Waals surface area contributed by atoms with Crippen LogP contribution in [0.15, 0.2) is 218 Å². The highest BCUT2D eigenvalue weighted by Gasteiger charge is 2.51. The molecule has 1 spiro atoms. The highest BCUT2D eigenvalue weighted by molar-refractivity contribution is 6.15. The van der Waals surface area contributed by atoms with Crippen LogP contribution < -0.4 is 0 Å². The highest BCUT2D eigenvalue weighted by atomic mass is 16.1. The second-order valence-corrected chi connectivity index (χ2v) is 16.6. The Kier molecular flexibility index (Phi) is 11.7. The summed E-state index contributed by atoms with van der Waals surface area (Å²) in [5, 5.41) is 0. The summed E-state index contributed by atoms with van der Waals surface area (Å²) < 4.78 is 0. The van der Waals surface area contributed by atoms with Crippen molar-refractivity contribution in [3.8, 4) is 66.8 Å². The fraction of sp³-hybridized carbons (Fsp3) is 0.113. The quantitative estimate of drug-likeness (QED) is 0.169. The summed E-state index contributed by atoms with van der Waals surface area (Å²) in [4.78, 5) is 14.9. The predicted molar refractivity (Wildman–Crippen MR) is 266 cm³/mol. The Balaban J connectivity index is 0.000000798. The van der Waals surface area contributed by atoms with Crippen LogP contribution in [0.25, 0.3) is 66.8 Å². The number of carbonyl (C=O) groups excluding carboxylic acids is 1. The molecule has 0 N–H and O–H groups in total. The van der Waals surface area contributed by atoms with E-state index in [9.17, 15) is 4.79 Å². The van der Waals surface area contributed by atoms with Crippen molar-refractivity contribution in [2.75, 3.05) is 0 Å². The summed E-state index contributed by atoms with van der Waals surface area (Å²) in [6.07, 6.45) is 2.50. The normalized spacial score (nSPS) is 12.4. The Morgan fingerprint density at radius 3 is 1.02 bits per heavy atom. The fourth-order valence-corrected chi connectivity index (χ4v) is 9.47. The molecule has 9 aromatic carbocycles. The predicted octanol–water partition coefficient (Wildman–Crippen LogP) is 16.8.